The van der Waals surface area contributed by atoms with Gasteiger partial charge in [0.15, 0.2) is 5.69 Å². The molecule has 3 N–H and O–H groups in total. The Hall–Kier alpha value is -1.90. The van der Waals surface area contributed by atoms with Gasteiger partial charge < -0.3 is 11.1 Å². The van der Waals surface area contributed by atoms with E-state index in [1.54, 1.807) is 6.07 Å². The first-order valence-corrected chi connectivity index (χ1v) is 6.50. The monoisotopic (exact) mass is 303 g/mol. The summed E-state index contributed by atoms with van der Waals surface area (Å²) in [6, 6.07) is 3.01. The van der Waals surface area contributed by atoms with Crippen LogP contribution in [0.3, 0.4) is 0 Å². The first-order valence-electron chi connectivity index (χ1n) is 6.50. The molecule has 0 bridgehead atoms. The number of nitrogens with two attached hydrogens (primary N) is 1. The molecule has 2 heterocycles. The summed E-state index contributed by atoms with van der Waals surface area (Å²) in [7, 11) is 0. The number of aromatic nitrogens is 2. The minimum atomic E-state index is -4.15. The fourth-order valence-electron chi connectivity index (χ4n) is 2.28. The SMILES string of the molecule is NC(=O)c1ccc(NCC2CCN(CC(F)(F)F)C2)nn1. The van der Waals surface area contributed by atoms with Crippen LogP contribution in [0.5, 0.6) is 0 Å². The van der Waals surface area contributed by atoms with E-state index in [0.717, 1.165) is 0 Å². The van der Waals surface area contributed by atoms with E-state index < -0.39 is 18.6 Å². The fraction of sp³-hybridized carbons (Fsp3) is 0.583. The molecule has 21 heavy (non-hydrogen) atoms. The number of nitrogens with zero attached hydrogens (tertiary/aromatic N) is 3. The minimum absolute atomic E-state index is 0.0674. The number of halogens is 3. The highest BCUT2D eigenvalue weighted by Crippen LogP contribution is 2.22. The van der Waals surface area contributed by atoms with Crippen LogP contribution in [0.2, 0.25) is 0 Å². The molecule has 1 aliphatic rings. The van der Waals surface area contributed by atoms with E-state index >= 15 is 0 Å². The maximum Gasteiger partial charge on any atom is 0.401 e. The molecule has 0 spiro atoms. The van der Waals surface area contributed by atoms with Crippen molar-refractivity contribution in [2.24, 2.45) is 11.7 Å². The molecule has 2 rings (SSSR count). The summed E-state index contributed by atoms with van der Waals surface area (Å²) >= 11 is 0. The Morgan fingerprint density at radius 2 is 2.19 bits per heavy atom. The predicted molar refractivity (Wildman–Crippen MR) is 69.6 cm³/mol. The standard InChI is InChI=1S/C12H16F3N5O/c13-12(14,15)7-20-4-3-8(6-20)5-17-10-2-1-9(11(16)21)18-19-10/h1-2,8H,3-7H2,(H2,16,21)(H,17,19). The van der Waals surface area contributed by atoms with Gasteiger partial charge in [0.1, 0.15) is 5.82 Å². The minimum Gasteiger partial charge on any atom is -0.368 e. The normalized spacial score (nSPS) is 19.7. The van der Waals surface area contributed by atoms with Crippen LogP contribution in [-0.4, -0.2) is 53.4 Å². The molecule has 9 heteroatoms. The molecule has 1 amide bonds. The van der Waals surface area contributed by atoms with E-state index in [0.29, 0.717) is 31.9 Å². The number of anilines is 1. The van der Waals surface area contributed by atoms with E-state index in [1.807, 2.05) is 0 Å². The van der Waals surface area contributed by atoms with E-state index in [2.05, 4.69) is 15.5 Å². The van der Waals surface area contributed by atoms with Crippen LogP contribution in [0.1, 0.15) is 16.9 Å². The average molecular weight is 303 g/mol. The number of hydrogen-bond acceptors (Lipinski definition) is 5. The van der Waals surface area contributed by atoms with Crippen molar-refractivity contribution < 1.29 is 18.0 Å². The summed E-state index contributed by atoms with van der Waals surface area (Å²) in [5, 5.41) is 10.4. The molecule has 1 saturated heterocycles. The van der Waals surface area contributed by atoms with Gasteiger partial charge in [0, 0.05) is 13.1 Å². The number of hydrogen-bond donors (Lipinski definition) is 2. The number of carbonyl (C=O) groups is 1. The van der Waals surface area contributed by atoms with Gasteiger partial charge in [0.25, 0.3) is 5.91 Å². The van der Waals surface area contributed by atoms with Gasteiger partial charge >= 0.3 is 6.18 Å². The number of rotatable bonds is 5. The lowest BCUT2D eigenvalue weighted by molar-refractivity contribution is -0.143. The van der Waals surface area contributed by atoms with Crippen molar-refractivity contribution in [3.8, 4) is 0 Å². The third kappa shape index (κ3) is 4.85. The van der Waals surface area contributed by atoms with Crippen molar-refractivity contribution in [3.63, 3.8) is 0 Å². The summed E-state index contributed by atoms with van der Waals surface area (Å²) in [4.78, 5) is 12.2. The Kier molecular flexibility index (Phi) is 4.61. The highest BCUT2D eigenvalue weighted by molar-refractivity contribution is 5.90. The molecule has 1 unspecified atom stereocenters. The third-order valence-electron chi connectivity index (χ3n) is 3.26. The molecule has 1 aromatic rings. The lowest BCUT2D eigenvalue weighted by Crippen LogP contribution is -2.33. The Morgan fingerprint density at radius 3 is 2.76 bits per heavy atom. The zero-order valence-corrected chi connectivity index (χ0v) is 11.2. The van der Waals surface area contributed by atoms with Crippen LogP contribution in [0.15, 0.2) is 12.1 Å². The van der Waals surface area contributed by atoms with Gasteiger partial charge in [0.2, 0.25) is 0 Å². The zero-order valence-electron chi connectivity index (χ0n) is 11.2. The quantitative estimate of drug-likeness (QED) is 0.843. The smallest absolute Gasteiger partial charge is 0.368 e. The number of primary amides is 1. The number of amides is 1. The van der Waals surface area contributed by atoms with Gasteiger partial charge in [-0.25, -0.2) is 0 Å². The highest BCUT2D eigenvalue weighted by Gasteiger charge is 2.34. The Morgan fingerprint density at radius 1 is 1.43 bits per heavy atom. The van der Waals surface area contributed by atoms with Gasteiger partial charge in [0.05, 0.1) is 6.54 Å². The van der Waals surface area contributed by atoms with Crippen LogP contribution < -0.4 is 11.1 Å². The van der Waals surface area contributed by atoms with Crippen LogP contribution in [-0.2, 0) is 0 Å². The number of alkyl halides is 3. The molecule has 116 valence electrons. The number of nitrogens with one attached hydrogen (secondary N) is 1. The van der Waals surface area contributed by atoms with Crippen LogP contribution >= 0.6 is 0 Å². The molecule has 0 aliphatic carbocycles. The highest BCUT2D eigenvalue weighted by atomic mass is 19.4. The third-order valence-corrected chi connectivity index (χ3v) is 3.26. The molecule has 0 saturated carbocycles. The van der Waals surface area contributed by atoms with Crippen molar-refractivity contribution in [2.75, 3.05) is 31.5 Å². The Bertz CT molecular complexity index is 491. The van der Waals surface area contributed by atoms with Gasteiger partial charge in [-0.15, -0.1) is 10.2 Å². The Balaban J connectivity index is 1.78. The van der Waals surface area contributed by atoms with Crippen LogP contribution in [0.4, 0.5) is 19.0 Å². The maximum absolute atomic E-state index is 12.3. The van der Waals surface area contributed by atoms with E-state index in [9.17, 15) is 18.0 Å². The first kappa shape index (κ1) is 15.5. The van der Waals surface area contributed by atoms with Crippen molar-refractivity contribution in [2.45, 2.75) is 12.6 Å². The summed E-state index contributed by atoms with van der Waals surface area (Å²) < 4.78 is 36.8. The lowest BCUT2D eigenvalue weighted by atomic mass is 10.1. The molecular weight excluding hydrogens is 287 g/mol. The molecule has 0 aromatic carbocycles. The number of carbonyl (C=O) groups excluding carboxylic acids is 1. The number of likely N-dealkylation sites (tertiary alicyclic amines) is 1. The van der Waals surface area contributed by atoms with Crippen molar-refractivity contribution in [3.05, 3.63) is 17.8 Å². The van der Waals surface area contributed by atoms with Crippen molar-refractivity contribution in [1.29, 1.82) is 0 Å². The Labute approximate surface area is 119 Å². The fourth-order valence-corrected chi connectivity index (χ4v) is 2.28. The second-order valence-electron chi connectivity index (χ2n) is 5.05. The predicted octanol–water partition coefficient (Wildman–Crippen LogP) is 0.872. The van der Waals surface area contributed by atoms with E-state index in [1.165, 1.54) is 11.0 Å². The molecule has 1 aromatic heterocycles. The van der Waals surface area contributed by atoms with Gasteiger partial charge in [-0.1, -0.05) is 0 Å². The summed E-state index contributed by atoms with van der Waals surface area (Å²) in [5.74, 6) is -0.0631. The van der Waals surface area contributed by atoms with E-state index in [-0.39, 0.29) is 11.6 Å². The summed E-state index contributed by atoms with van der Waals surface area (Å²) in [6.45, 7) is 0.493. The van der Waals surface area contributed by atoms with Gasteiger partial charge in [-0.2, -0.15) is 13.2 Å². The van der Waals surface area contributed by atoms with Gasteiger partial charge in [-0.05, 0) is 31.0 Å². The first-order chi connectivity index (χ1) is 9.83. The summed E-state index contributed by atoms with van der Waals surface area (Å²) in [6.07, 6.45) is -3.45. The molecule has 6 nitrogen and oxygen atoms in total. The average Bonchev–Trinajstić information content (AvgIpc) is 2.82. The second-order valence-corrected chi connectivity index (χ2v) is 5.05. The summed E-state index contributed by atoms with van der Waals surface area (Å²) in [5.41, 5.74) is 5.11. The van der Waals surface area contributed by atoms with E-state index in [4.69, 9.17) is 5.73 Å². The lowest BCUT2D eigenvalue weighted by Gasteiger charge is -2.18. The molecule has 1 atom stereocenters. The van der Waals surface area contributed by atoms with Crippen LogP contribution in [0, 0.1) is 5.92 Å². The van der Waals surface area contributed by atoms with Crippen molar-refractivity contribution >= 4 is 11.7 Å². The molecule has 1 fully saturated rings. The zero-order chi connectivity index (χ0) is 15.5. The van der Waals surface area contributed by atoms with Crippen LogP contribution in [0.25, 0.3) is 0 Å². The molecule has 0 radical (unpaired) electrons. The van der Waals surface area contributed by atoms with Gasteiger partial charge in [-0.3, -0.25) is 9.69 Å². The topological polar surface area (TPSA) is 84.1 Å². The maximum atomic E-state index is 12.3. The molecular formula is C12H16F3N5O. The largest absolute Gasteiger partial charge is 0.401 e. The molecule has 1 aliphatic heterocycles. The second kappa shape index (κ2) is 6.25. The van der Waals surface area contributed by atoms with Crippen molar-refractivity contribution in [1.82, 2.24) is 15.1 Å².